The molecule has 0 spiro atoms. The highest BCUT2D eigenvalue weighted by Gasteiger charge is 2.44. The number of nitrogens with zero attached hydrogens (tertiary/aromatic N) is 8. The Labute approximate surface area is 221 Å². The van der Waals surface area contributed by atoms with Crippen LogP contribution < -0.4 is 4.90 Å². The predicted molar refractivity (Wildman–Crippen MR) is 140 cm³/mol. The van der Waals surface area contributed by atoms with Gasteiger partial charge in [-0.1, -0.05) is 0 Å². The quantitative estimate of drug-likeness (QED) is 0.540. The number of ether oxygens (including phenoxy) is 3. The van der Waals surface area contributed by atoms with Gasteiger partial charge >= 0.3 is 6.09 Å². The van der Waals surface area contributed by atoms with Crippen molar-refractivity contribution in [2.75, 3.05) is 58.0 Å². The van der Waals surface area contributed by atoms with Gasteiger partial charge in [-0.05, 0) is 38.8 Å². The third-order valence-electron chi connectivity index (χ3n) is 6.50. The molecule has 0 N–H and O–H groups in total. The molecule has 4 aliphatic heterocycles. The number of fused-ring (bicyclic) bond motifs is 1. The lowest BCUT2D eigenvalue weighted by molar-refractivity contribution is 0.0587. The second-order valence-corrected chi connectivity index (χ2v) is 10.8. The highest BCUT2D eigenvalue weighted by atomic mass is 35.5. The lowest BCUT2D eigenvalue weighted by atomic mass is 10.1. The number of aliphatic imine (C=N–C) groups is 3. The van der Waals surface area contributed by atoms with E-state index in [1.807, 2.05) is 25.7 Å². The van der Waals surface area contributed by atoms with Crippen molar-refractivity contribution in [2.24, 2.45) is 20.9 Å². The van der Waals surface area contributed by atoms with Crippen LogP contribution in [0.25, 0.3) is 0 Å². The second-order valence-electron chi connectivity index (χ2n) is 10.5. The molecule has 200 valence electrons. The molecule has 5 heterocycles. The Morgan fingerprint density at radius 3 is 2.54 bits per heavy atom. The molecule has 13 heteroatoms. The average molecular weight is 533 g/mol. The summed E-state index contributed by atoms with van der Waals surface area (Å²) in [5.41, 5.74) is 0.0161. The van der Waals surface area contributed by atoms with Crippen LogP contribution in [0.15, 0.2) is 27.4 Å². The summed E-state index contributed by atoms with van der Waals surface area (Å²) in [7, 11) is 1.57. The molecule has 0 aliphatic carbocycles. The van der Waals surface area contributed by atoms with Crippen LogP contribution in [0.3, 0.4) is 0 Å². The zero-order valence-corrected chi connectivity index (χ0v) is 22.4. The normalized spacial score (nSPS) is 25.9. The Kier molecular flexibility index (Phi) is 7.32. The van der Waals surface area contributed by atoms with Gasteiger partial charge in [-0.15, -0.1) is 0 Å². The fraction of sp³-hybridized carbons (Fsp3) is 0.667. The van der Waals surface area contributed by atoms with Gasteiger partial charge in [0.15, 0.2) is 23.3 Å². The standard InChI is InChI=1S/C24H33ClN8O4/c1-24(2,3)37-23(34)31(4)22-26-11-16(12-27-22)18-29-19(32-6-9-35-10-7-32)17-20(30-18)33(21(25)28-17)13-15-5-8-36-14-15/h11-12,15,17,20H,5-10,13-14H2,1-4H3/t15?,17?,20-/m0/s1. The van der Waals surface area contributed by atoms with Gasteiger partial charge in [-0.25, -0.2) is 34.6 Å². The summed E-state index contributed by atoms with van der Waals surface area (Å²) in [4.78, 5) is 41.3. The zero-order chi connectivity index (χ0) is 26.2. The summed E-state index contributed by atoms with van der Waals surface area (Å²) in [5, 5.41) is 0.443. The highest BCUT2D eigenvalue weighted by molar-refractivity contribution is 6.65. The number of anilines is 1. The first-order chi connectivity index (χ1) is 17.7. The molecule has 2 fully saturated rings. The van der Waals surface area contributed by atoms with Crippen LogP contribution in [0.5, 0.6) is 0 Å². The van der Waals surface area contributed by atoms with Gasteiger partial charge in [0.05, 0.1) is 25.4 Å². The summed E-state index contributed by atoms with van der Waals surface area (Å²) in [6, 6.07) is -0.296. The van der Waals surface area contributed by atoms with Gasteiger partial charge in [0.1, 0.15) is 11.4 Å². The van der Waals surface area contributed by atoms with Crippen molar-refractivity contribution in [2.45, 2.75) is 45.0 Å². The van der Waals surface area contributed by atoms with E-state index < -0.39 is 11.7 Å². The van der Waals surface area contributed by atoms with Crippen LogP contribution >= 0.6 is 11.6 Å². The van der Waals surface area contributed by atoms with Crippen LogP contribution in [0, 0.1) is 5.92 Å². The molecular weight excluding hydrogens is 500 g/mol. The number of amides is 1. The van der Waals surface area contributed by atoms with Crippen molar-refractivity contribution in [3.8, 4) is 0 Å². The van der Waals surface area contributed by atoms with Crippen molar-refractivity contribution in [1.82, 2.24) is 19.8 Å². The van der Waals surface area contributed by atoms with Crippen molar-refractivity contribution in [1.29, 1.82) is 0 Å². The summed E-state index contributed by atoms with van der Waals surface area (Å²) in [6.45, 7) is 10.3. The molecule has 0 bridgehead atoms. The van der Waals surface area contributed by atoms with E-state index in [4.69, 9.17) is 40.8 Å². The summed E-state index contributed by atoms with van der Waals surface area (Å²) >= 11 is 6.65. The van der Waals surface area contributed by atoms with Crippen molar-refractivity contribution < 1.29 is 19.0 Å². The zero-order valence-electron chi connectivity index (χ0n) is 21.6. The molecule has 4 aliphatic rings. The number of carbonyl (C=O) groups is 1. The van der Waals surface area contributed by atoms with Crippen molar-refractivity contribution >= 4 is 40.6 Å². The first-order valence-corrected chi connectivity index (χ1v) is 12.9. The van der Waals surface area contributed by atoms with E-state index in [0.29, 0.717) is 49.0 Å². The minimum Gasteiger partial charge on any atom is -0.443 e. The predicted octanol–water partition coefficient (Wildman–Crippen LogP) is 1.98. The number of amidine groups is 3. The van der Waals surface area contributed by atoms with Crippen molar-refractivity contribution in [3.05, 3.63) is 18.0 Å². The van der Waals surface area contributed by atoms with E-state index >= 15 is 0 Å². The monoisotopic (exact) mass is 532 g/mol. The number of carbonyl (C=O) groups excluding carboxylic acids is 1. The molecule has 0 radical (unpaired) electrons. The van der Waals surface area contributed by atoms with Crippen LogP contribution in [-0.4, -0.2) is 114 Å². The number of hydrogen-bond acceptors (Lipinski definition) is 11. The maximum Gasteiger partial charge on any atom is 0.416 e. The molecule has 1 aromatic rings. The summed E-state index contributed by atoms with van der Waals surface area (Å²) in [5.74, 6) is 1.91. The van der Waals surface area contributed by atoms with E-state index in [1.54, 1.807) is 19.4 Å². The van der Waals surface area contributed by atoms with Gasteiger partial charge in [0.2, 0.25) is 5.95 Å². The highest BCUT2D eigenvalue weighted by Crippen LogP contribution is 2.30. The van der Waals surface area contributed by atoms with E-state index in [-0.39, 0.29) is 18.2 Å². The third-order valence-corrected chi connectivity index (χ3v) is 6.82. The Hall–Kier alpha value is -2.83. The van der Waals surface area contributed by atoms with Gasteiger partial charge < -0.3 is 24.0 Å². The number of rotatable bonds is 4. The first kappa shape index (κ1) is 25.8. The third kappa shape index (κ3) is 5.70. The largest absolute Gasteiger partial charge is 0.443 e. The number of halogens is 1. The smallest absolute Gasteiger partial charge is 0.416 e. The molecule has 3 atom stereocenters. The fourth-order valence-electron chi connectivity index (χ4n) is 4.60. The molecule has 12 nitrogen and oxygen atoms in total. The Morgan fingerprint density at radius 2 is 1.89 bits per heavy atom. The molecular formula is C24H33ClN8O4. The van der Waals surface area contributed by atoms with Crippen LogP contribution in [0.1, 0.15) is 32.8 Å². The van der Waals surface area contributed by atoms with Crippen LogP contribution in [0.2, 0.25) is 0 Å². The maximum absolute atomic E-state index is 12.4. The molecule has 0 saturated carbocycles. The van der Waals surface area contributed by atoms with Crippen molar-refractivity contribution in [3.63, 3.8) is 0 Å². The molecule has 2 unspecified atom stereocenters. The molecule has 0 aromatic carbocycles. The van der Waals surface area contributed by atoms with Crippen LogP contribution in [0.4, 0.5) is 10.7 Å². The lowest BCUT2D eigenvalue weighted by Crippen LogP contribution is -2.52. The average Bonchev–Trinajstić information content (AvgIpc) is 3.50. The molecule has 5 rings (SSSR count). The fourth-order valence-corrected chi connectivity index (χ4v) is 4.87. The molecule has 1 amide bonds. The lowest BCUT2D eigenvalue weighted by Gasteiger charge is -2.36. The minimum atomic E-state index is -0.621. The minimum absolute atomic E-state index is 0.222. The topological polar surface area (TPSA) is 117 Å². The first-order valence-electron chi connectivity index (χ1n) is 12.6. The maximum atomic E-state index is 12.4. The molecule has 1 aromatic heterocycles. The van der Waals surface area contributed by atoms with E-state index in [2.05, 4.69) is 14.9 Å². The Bertz CT molecular complexity index is 1090. The number of hydrogen-bond donors (Lipinski definition) is 0. The van der Waals surface area contributed by atoms with Crippen LogP contribution in [-0.2, 0) is 14.2 Å². The second kappa shape index (κ2) is 10.5. The van der Waals surface area contributed by atoms with E-state index in [1.165, 1.54) is 4.90 Å². The van der Waals surface area contributed by atoms with Gasteiger partial charge in [-0.2, -0.15) is 0 Å². The summed E-state index contributed by atoms with van der Waals surface area (Å²) < 4.78 is 16.5. The number of aromatic nitrogens is 2. The summed E-state index contributed by atoms with van der Waals surface area (Å²) in [6.07, 6.45) is 3.38. The van der Waals surface area contributed by atoms with E-state index in [9.17, 15) is 4.79 Å². The number of morpholine rings is 1. The van der Waals surface area contributed by atoms with E-state index in [0.717, 1.165) is 32.0 Å². The van der Waals surface area contributed by atoms with Gasteiger partial charge in [0.25, 0.3) is 0 Å². The molecule has 2 saturated heterocycles. The Balaban J connectivity index is 1.42. The van der Waals surface area contributed by atoms with Gasteiger partial charge in [0, 0.05) is 51.6 Å². The SMILES string of the molecule is CN(C(=O)OC(C)(C)C)c1ncc(C2=N[C@@H]3C(N=C(Cl)N3CC3CCOC3)C(N3CCOCC3)=N2)cn1. The Morgan fingerprint density at radius 1 is 1.16 bits per heavy atom. The van der Waals surface area contributed by atoms with Gasteiger partial charge in [-0.3, -0.25) is 0 Å². The molecule has 37 heavy (non-hydrogen) atoms.